The van der Waals surface area contributed by atoms with Crippen molar-refractivity contribution >= 4 is 35.0 Å². The fraction of sp³-hybridized carbons (Fsp3) is 0.227. The Labute approximate surface area is 212 Å². The van der Waals surface area contributed by atoms with Gasteiger partial charge < -0.3 is 20.6 Å². The molecular formula is C22H19ClF3N9S. The van der Waals surface area contributed by atoms with Gasteiger partial charge >= 0.3 is 5.92 Å². The molecule has 0 saturated heterocycles. The molecule has 5 rings (SSSR count). The van der Waals surface area contributed by atoms with Crippen LogP contribution in [0.15, 0.2) is 48.0 Å². The second kappa shape index (κ2) is 9.39. The normalized spacial score (nSPS) is 15.4. The van der Waals surface area contributed by atoms with Crippen LogP contribution in [-0.4, -0.2) is 49.2 Å². The monoisotopic (exact) mass is 533 g/mol. The number of pyridine rings is 1. The summed E-state index contributed by atoms with van der Waals surface area (Å²) in [7, 11) is 1.70. The van der Waals surface area contributed by atoms with E-state index in [0.717, 1.165) is 17.6 Å². The van der Waals surface area contributed by atoms with Gasteiger partial charge in [0, 0.05) is 54.9 Å². The molecule has 0 unspecified atom stereocenters. The summed E-state index contributed by atoms with van der Waals surface area (Å²) < 4.78 is 47.5. The molecule has 4 aromatic rings. The Morgan fingerprint density at radius 2 is 2.17 bits per heavy atom. The van der Waals surface area contributed by atoms with Gasteiger partial charge in [0.05, 0.1) is 16.8 Å². The smallest absolute Gasteiger partial charge is 0.357 e. The Kier molecular flexibility index (Phi) is 6.26. The number of hydrogen-bond donors (Lipinski definition) is 3. The van der Waals surface area contributed by atoms with Crippen molar-refractivity contribution in [3.63, 3.8) is 0 Å². The van der Waals surface area contributed by atoms with Crippen LogP contribution in [0.1, 0.15) is 16.9 Å². The maximum absolute atomic E-state index is 15.2. The number of nitrogens with zero attached hydrogens (tertiary/aromatic N) is 6. The molecule has 186 valence electrons. The summed E-state index contributed by atoms with van der Waals surface area (Å²) in [4.78, 5) is 7.99. The number of alkyl halides is 3. The molecule has 0 amide bonds. The number of fused-ring (bicyclic) bond motifs is 3. The molecule has 36 heavy (non-hydrogen) atoms. The quantitative estimate of drug-likeness (QED) is 0.283. The van der Waals surface area contributed by atoms with Gasteiger partial charge in [0.25, 0.3) is 0 Å². The van der Waals surface area contributed by atoms with Crippen LogP contribution in [0.5, 0.6) is 0 Å². The van der Waals surface area contributed by atoms with E-state index in [4.69, 9.17) is 17.0 Å². The van der Waals surface area contributed by atoms with Crippen molar-refractivity contribution < 1.29 is 13.2 Å². The highest BCUT2D eigenvalue weighted by Gasteiger charge is 2.45. The van der Waals surface area contributed by atoms with Crippen LogP contribution in [0.4, 0.5) is 19.0 Å². The number of aromatic nitrogens is 6. The third-order valence-electron chi connectivity index (χ3n) is 5.70. The molecule has 1 aliphatic heterocycles. The molecule has 4 aromatic heterocycles. The average Bonchev–Trinajstić information content (AvgIpc) is 3.63. The predicted octanol–water partition coefficient (Wildman–Crippen LogP) is 4.71. The Morgan fingerprint density at radius 1 is 1.33 bits per heavy atom. The molecule has 0 aliphatic carbocycles. The number of thiazole rings is 1. The van der Waals surface area contributed by atoms with Crippen molar-refractivity contribution in [2.24, 2.45) is 0 Å². The van der Waals surface area contributed by atoms with Crippen molar-refractivity contribution in [3.8, 4) is 22.6 Å². The van der Waals surface area contributed by atoms with Gasteiger partial charge in [0.15, 0.2) is 10.8 Å². The number of allylic oxidation sites excluding steroid dienone is 1. The molecule has 0 radical (unpaired) electrons. The van der Waals surface area contributed by atoms with E-state index in [1.165, 1.54) is 28.4 Å². The van der Waals surface area contributed by atoms with Crippen LogP contribution >= 0.6 is 22.9 Å². The van der Waals surface area contributed by atoms with Gasteiger partial charge in [-0.2, -0.15) is 8.78 Å². The number of hydrogen-bond acceptors (Lipinski definition) is 8. The van der Waals surface area contributed by atoms with Gasteiger partial charge in [-0.1, -0.05) is 11.6 Å². The summed E-state index contributed by atoms with van der Waals surface area (Å²) in [5, 5.41) is 22.4. The van der Waals surface area contributed by atoms with E-state index in [-0.39, 0.29) is 12.4 Å². The highest BCUT2D eigenvalue weighted by Crippen LogP contribution is 2.42. The largest absolute Gasteiger partial charge is 0.375 e. The van der Waals surface area contributed by atoms with Gasteiger partial charge in [-0.05, 0) is 18.2 Å². The molecular weight excluding hydrogens is 515 g/mol. The standard InChI is InChI=1S/C22H19ClF3N9S/c1-28-17(2-3-27)31-18-7-14(15(23)9-30-18)12-6-16-19-32-33-20(22(25,26)21-29-4-5-36-21)35(19)13(8-24)11-34(16)10-12/h2-7,9-10,13,27-28H,8,11H2,1H3,(H,30,31)/b17-2+,27-3?/t13-/m0/s1. The summed E-state index contributed by atoms with van der Waals surface area (Å²) in [6, 6.07) is 2.55. The molecule has 14 heteroatoms. The first kappa shape index (κ1) is 24.0. The molecule has 0 bridgehead atoms. The van der Waals surface area contributed by atoms with Crippen molar-refractivity contribution in [2.75, 3.05) is 19.0 Å². The molecule has 1 aliphatic rings. The molecule has 0 fully saturated rings. The fourth-order valence-corrected chi connectivity index (χ4v) is 4.88. The van der Waals surface area contributed by atoms with Crippen molar-refractivity contribution in [3.05, 3.63) is 63.9 Å². The minimum atomic E-state index is -3.52. The Hall–Kier alpha value is -3.71. The van der Waals surface area contributed by atoms with E-state index in [2.05, 4.69) is 30.8 Å². The lowest BCUT2D eigenvalue weighted by atomic mass is 10.1. The fourth-order valence-electron chi connectivity index (χ4n) is 4.06. The Balaban J connectivity index is 1.57. The van der Waals surface area contributed by atoms with Crippen LogP contribution in [0.25, 0.3) is 22.6 Å². The summed E-state index contributed by atoms with van der Waals surface area (Å²) in [5.74, 6) is -3.01. The zero-order valence-corrected chi connectivity index (χ0v) is 20.3. The zero-order chi connectivity index (χ0) is 25.4. The first-order valence-electron chi connectivity index (χ1n) is 10.7. The maximum atomic E-state index is 15.2. The van der Waals surface area contributed by atoms with Crippen LogP contribution in [0, 0.1) is 5.41 Å². The maximum Gasteiger partial charge on any atom is 0.357 e. The third-order valence-corrected chi connectivity index (χ3v) is 6.85. The highest BCUT2D eigenvalue weighted by atomic mass is 35.5. The van der Waals surface area contributed by atoms with Crippen molar-refractivity contribution in [2.45, 2.75) is 18.5 Å². The van der Waals surface area contributed by atoms with E-state index >= 15 is 8.78 Å². The van der Waals surface area contributed by atoms with E-state index in [0.29, 0.717) is 33.5 Å². The number of nitrogens with one attached hydrogen (secondary N) is 3. The first-order valence-corrected chi connectivity index (χ1v) is 11.9. The summed E-state index contributed by atoms with van der Waals surface area (Å²) in [6.07, 6.45) is 7.18. The molecule has 9 nitrogen and oxygen atoms in total. The Bertz CT molecular complexity index is 1450. The molecule has 0 aromatic carbocycles. The van der Waals surface area contributed by atoms with Gasteiger partial charge in [-0.25, -0.2) is 14.4 Å². The average molecular weight is 534 g/mol. The molecule has 0 spiro atoms. The van der Waals surface area contributed by atoms with Gasteiger partial charge in [0.2, 0.25) is 5.82 Å². The van der Waals surface area contributed by atoms with E-state index < -0.39 is 29.5 Å². The second-order valence-corrected chi connectivity index (χ2v) is 9.18. The lowest BCUT2D eigenvalue weighted by Crippen LogP contribution is -2.30. The van der Waals surface area contributed by atoms with E-state index in [1.807, 2.05) is 0 Å². The SMILES string of the molecule is CN/C(=C\C=N)Nc1cc(-c2cc3n(c2)C[C@H](CF)n2c-3nnc2C(F)(F)c2nccs2)c(Cl)cn1. The minimum absolute atomic E-state index is 0.109. The van der Waals surface area contributed by atoms with Crippen LogP contribution in [-0.2, 0) is 12.5 Å². The lowest BCUT2D eigenvalue weighted by molar-refractivity contribution is 0.0255. The molecule has 1 atom stereocenters. The summed E-state index contributed by atoms with van der Waals surface area (Å²) in [5.41, 5.74) is 1.80. The van der Waals surface area contributed by atoms with Crippen molar-refractivity contribution in [1.82, 2.24) is 34.6 Å². The van der Waals surface area contributed by atoms with Crippen LogP contribution in [0.3, 0.4) is 0 Å². The molecule has 3 N–H and O–H groups in total. The third kappa shape index (κ3) is 4.03. The topological polar surface area (TPSA) is 109 Å². The first-order chi connectivity index (χ1) is 17.4. The molecule has 0 saturated carbocycles. The summed E-state index contributed by atoms with van der Waals surface area (Å²) >= 11 is 7.24. The highest BCUT2D eigenvalue weighted by molar-refractivity contribution is 7.09. The van der Waals surface area contributed by atoms with Crippen LogP contribution < -0.4 is 10.6 Å². The predicted molar refractivity (Wildman–Crippen MR) is 131 cm³/mol. The molecule has 5 heterocycles. The lowest BCUT2D eigenvalue weighted by Gasteiger charge is -2.27. The number of rotatable bonds is 8. The van der Waals surface area contributed by atoms with Crippen LogP contribution in [0.2, 0.25) is 5.02 Å². The number of anilines is 1. The van der Waals surface area contributed by atoms with Gasteiger partial charge in [0.1, 0.15) is 18.3 Å². The zero-order valence-electron chi connectivity index (χ0n) is 18.7. The number of halogens is 4. The van der Waals surface area contributed by atoms with E-state index in [1.54, 1.807) is 29.9 Å². The summed E-state index contributed by atoms with van der Waals surface area (Å²) in [6.45, 7) is -0.771. The van der Waals surface area contributed by atoms with Gasteiger partial charge in [-0.15, -0.1) is 21.5 Å². The van der Waals surface area contributed by atoms with Gasteiger partial charge in [-0.3, -0.25) is 4.57 Å². The van der Waals surface area contributed by atoms with Crippen molar-refractivity contribution in [1.29, 1.82) is 5.41 Å². The van der Waals surface area contributed by atoms with E-state index in [9.17, 15) is 4.39 Å². The second-order valence-electron chi connectivity index (χ2n) is 7.87. The minimum Gasteiger partial charge on any atom is -0.375 e. The Morgan fingerprint density at radius 3 is 2.86 bits per heavy atom.